The number of aromatic nitrogens is 2. The van der Waals surface area contributed by atoms with Crippen molar-refractivity contribution in [1.29, 1.82) is 0 Å². The number of nitrogens with two attached hydrogens (primary N) is 1. The molecule has 1 aromatic heterocycles. The van der Waals surface area contributed by atoms with E-state index in [1.807, 2.05) is 13.2 Å². The standard InChI is InChI=1S/C11H21N5.HI/c1-9(2)4-5-13-11(12)14-6-10-7-15-16(3)8-10;/h7-9H,4-6H2,1-3H3,(H3,12,13,14);1H. The van der Waals surface area contributed by atoms with Crippen LogP contribution >= 0.6 is 24.0 Å². The molecule has 0 unspecified atom stereocenters. The quantitative estimate of drug-likeness (QED) is 0.480. The first-order valence-electron chi connectivity index (χ1n) is 5.59. The summed E-state index contributed by atoms with van der Waals surface area (Å²) < 4.78 is 1.76. The van der Waals surface area contributed by atoms with E-state index in [1.165, 1.54) is 0 Å². The van der Waals surface area contributed by atoms with Gasteiger partial charge in [0.15, 0.2) is 5.96 Å². The summed E-state index contributed by atoms with van der Waals surface area (Å²) in [4.78, 5) is 4.23. The number of hydrogen-bond acceptors (Lipinski definition) is 2. The monoisotopic (exact) mass is 351 g/mol. The zero-order chi connectivity index (χ0) is 12.0. The molecular weight excluding hydrogens is 329 g/mol. The molecule has 0 saturated carbocycles. The third-order valence-corrected chi connectivity index (χ3v) is 2.22. The van der Waals surface area contributed by atoms with Crippen LogP contribution in [-0.4, -0.2) is 22.3 Å². The van der Waals surface area contributed by atoms with Crippen molar-refractivity contribution in [2.45, 2.75) is 26.8 Å². The van der Waals surface area contributed by atoms with Gasteiger partial charge in [-0.15, -0.1) is 24.0 Å². The number of rotatable bonds is 5. The zero-order valence-corrected chi connectivity index (χ0v) is 13.0. The molecule has 0 fully saturated rings. The van der Waals surface area contributed by atoms with Crippen molar-refractivity contribution in [3.05, 3.63) is 18.0 Å². The van der Waals surface area contributed by atoms with Gasteiger partial charge in [0.25, 0.3) is 0 Å². The number of nitrogens with one attached hydrogen (secondary N) is 1. The zero-order valence-electron chi connectivity index (χ0n) is 10.7. The smallest absolute Gasteiger partial charge is 0.188 e. The topological polar surface area (TPSA) is 68.2 Å². The van der Waals surface area contributed by atoms with Crippen LogP contribution in [0.3, 0.4) is 0 Å². The highest BCUT2D eigenvalue weighted by Gasteiger charge is 1.97. The second-order valence-corrected chi connectivity index (χ2v) is 4.33. The van der Waals surface area contributed by atoms with Gasteiger partial charge in [-0.3, -0.25) is 4.68 Å². The Labute approximate surface area is 120 Å². The lowest BCUT2D eigenvalue weighted by Gasteiger charge is -2.06. The van der Waals surface area contributed by atoms with E-state index in [0.29, 0.717) is 18.4 Å². The summed E-state index contributed by atoms with van der Waals surface area (Å²) in [5.41, 5.74) is 6.79. The van der Waals surface area contributed by atoms with Crippen LogP contribution in [0.1, 0.15) is 25.8 Å². The fourth-order valence-electron chi connectivity index (χ4n) is 1.27. The summed E-state index contributed by atoms with van der Waals surface area (Å²) in [6.07, 6.45) is 4.83. The molecule has 0 spiro atoms. The van der Waals surface area contributed by atoms with Crippen LogP contribution in [0.2, 0.25) is 0 Å². The average Bonchev–Trinajstić information content (AvgIpc) is 2.61. The molecule has 0 amide bonds. The van der Waals surface area contributed by atoms with Crippen LogP contribution in [-0.2, 0) is 13.6 Å². The number of halogens is 1. The van der Waals surface area contributed by atoms with E-state index >= 15 is 0 Å². The first-order valence-corrected chi connectivity index (χ1v) is 5.59. The Bertz CT molecular complexity index is 345. The fraction of sp³-hybridized carbons (Fsp3) is 0.636. The van der Waals surface area contributed by atoms with Crippen molar-refractivity contribution in [3.63, 3.8) is 0 Å². The Morgan fingerprint density at radius 3 is 2.82 bits per heavy atom. The predicted molar refractivity (Wildman–Crippen MR) is 81.4 cm³/mol. The van der Waals surface area contributed by atoms with Crippen molar-refractivity contribution in [3.8, 4) is 0 Å². The van der Waals surface area contributed by atoms with Gasteiger partial charge < -0.3 is 11.1 Å². The maximum absolute atomic E-state index is 5.73. The highest BCUT2D eigenvalue weighted by molar-refractivity contribution is 14.0. The maximum atomic E-state index is 5.73. The van der Waals surface area contributed by atoms with Gasteiger partial charge in [-0.1, -0.05) is 13.8 Å². The molecule has 1 rings (SSSR count). The van der Waals surface area contributed by atoms with Crippen molar-refractivity contribution < 1.29 is 0 Å². The van der Waals surface area contributed by atoms with Gasteiger partial charge in [0, 0.05) is 25.4 Å². The summed E-state index contributed by atoms with van der Waals surface area (Å²) in [5.74, 6) is 1.18. The van der Waals surface area contributed by atoms with Crippen molar-refractivity contribution in [2.24, 2.45) is 23.7 Å². The van der Waals surface area contributed by atoms with Crippen molar-refractivity contribution in [1.82, 2.24) is 15.1 Å². The Balaban J connectivity index is 0.00000256. The number of aryl methyl sites for hydroxylation is 1. The summed E-state index contributed by atoms with van der Waals surface area (Å²) >= 11 is 0. The van der Waals surface area contributed by atoms with Gasteiger partial charge in [0.05, 0.1) is 12.7 Å². The van der Waals surface area contributed by atoms with Gasteiger partial charge in [-0.2, -0.15) is 5.10 Å². The molecule has 3 N–H and O–H groups in total. The molecule has 0 saturated heterocycles. The van der Waals surface area contributed by atoms with Crippen LogP contribution in [0.25, 0.3) is 0 Å². The molecule has 6 heteroatoms. The minimum absolute atomic E-state index is 0. The van der Waals surface area contributed by atoms with Gasteiger partial charge in [-0.25, -0.2) is 4.99 Å². The molecule has 1 heterocycles. The number of guanidine groups is 1. The van der Waals surface area contributed by atoms with Crippen LogP contribution in [0, 0.1) is 5.92 Å². The van der Waals surface area contributed by atoms with E-state index < -0.39 is 0 Å². The molecule has 0 aliphatic carbocycles. The second kappa shape index (κ2) is 8.32. The highest BCUT2D eigenvalue weighted by atomic mass is 127. The molecule has 0 radical (unpaired) electrons. The maximum Gasteiger partial charge on any atom is 0.188 e. The third kappa shape index (κ3) is 7.19. The largest absolute Gasteiger partial charge is 0.370 e. The van der Waals surface area contributed by atoms with Gasteiger partial charge >= 0.3 is 0 Å². The lowest BCUT2D eigenvalue weighted by Crippen LogP contribution is -2.32. The third-order valence-electron chi connectivity index (χ3n) is 2.22. The Morgan fingerprint density at radius 2 is 2.29 bits per heavy atom. The summed E-state index contributed by atoms with van der Waals surface area (Å²) in [5, 5.41) is 7.16. The minimum Gasteiger partial charge on any atom is -0.370 e. The molecule has 0 atom stereocenters. The summed E-state index contributed by atoms with van der Waals surface area (Å²) in [6.45, 7) is 5.82. The van der Waals surface area contributed by atoms with E-state index in [0.717, 1.165) is 18.5 Å². The molecule has 0 aromatic carbocycles. The first kappa shape index (κ1) is 16.2. The molecule has 1 aromatic rings. The van der Waals surface area contributed by atoms with Crippen LogP contribution in [0.15, 0.2) is 17.4 Å². The summed E-state index contributed by atoms with van der Waals surface area (Å²) in [6, 6.07) is 0. The Hall–Kier alpha value is -0.790. The summed E-state index contributed by atoms with van der Waals surface area (Å²) in [7, 11) is 1.89. The number of nitrogens with zero attached hydrogens (tertiary/aromatic N) is 3. The van der Waals surface area contributed by atoms with E-state index in [-0.39, 0.29) is 24.0 Å². The van der Waals surface area contributed by atoms with E-state index in [4.69, 9.17) is 5.73 Å². The van der Waals surface area contributed by atoms with E-state index in [1.54, 1.807) is 10.9 Å². The average molecular weight is 351 g/mol. The Morgan fingerprint density at radius 1 is 1.59 bits per heavy atom. The SMILES string of the molecule is CC(C)CCNC(N)=NCc1cnn(C)c1.I. The van der Waals surface area contributed by atoms with Crippen LogP contribution in [0.4, 0.5) is 0 Å². The van der Waals surface area contributed by atoms with E-state index in [2.05, 4.69) is 29.3 Å². The molecule has 0 aliphatic rings. The fourth-order valence-corrected chi connectivity index (χ4v) is 1.27. The highest BCUT2D eigenvalue weighted by Crippen LogP contribution is 1.98. The minimum atomic E-state index is 0. The first-order chi connectivity index (χ1) is 7.58. The molecule has 0 aliphatic heterocycles. The normalized spacial score (nSPS) is 11.4. The number of hydrogen-bond donors (Lipinski definition) is 2. The molecule has 98 valence electrons. The lowest BCUT2D eigenvalue weighted by molar-refractivity contribution is 0.576. The van der Waals surface area contributed by atoms with Crippen LogP contribution in [0.5, 0.6) is 0 Å². The lowest BCUT2D eigenvalue weighted by atomic mass is 10.1. The molecular formula is C11H22IN5. The van der Waals surface area contributed by atoms with E-state index in [9.17, 15) is 0 Å². The van der Waals surface area contributed by atoms with Crippen LogP contribution < -0.4 is 11.1 Å². The molecule has 5 nitrogen and oxygen atoms in total. The molecule has 0 bridgehead atoms. The van der Waals surface area contributed by atoms with Gasteiger partial charge in [-0.05, 0) is 12.3 Å². The van der Waals surface area contributed by atoms with Crippen molar-refractivity contribution >= 4 is 29.9 Å². The predicted octanol–water partition coefficient (Wildman–Crippen LogP) is 1.49. The van der Waals surface area contributed by atoms with Gasteiger partial charge in [0.1, 0.15) is 0 Å². The second-order valence-electron chi connectivity index (χ2n) is 4.33. The number of aliphatic imine (C=N–C) groups is 1. The van der Waals surface area contributed by atoms with Gasteiger partial charge in [0.2, 0.25) is 0 Å². The molecule has 17 heavy (non-hydrogen) atoms. The van der Waals surface area contributed by atoms with Crippen molar-refractivity contribution in [2.75, 3.05) is 6.54 Å². The Kier molecular flexibility index (Phi) is 7.94.